The Morgan fingerprint density at radius 3 is 2.71 bits per heavy atom. The molecule has 0 aromatic heterocycles. The fraction of sp³-hybridized carbons (Fsp3) is 0.474. The van der Waals surface area contributed by atoms with Gasteiger partial charge in [-0.1, -0.05) is 0 Å². The minimum atomic E-state index is -0.567. The second-order valence-electron chi connectivity index (χ2n) is 7.27. The lowest BCUT2D eigenvalue weighted by molar-refractivity contribution is -0.145. The molecule has 4 rings (SSSR count). The number of amides is 3. The van der Waals surface area contributed by atoms with E-state index >= 15 is 0 Å². The highest BCUT2D eigenvalue weighted by atomic mass is 32.2. The number of nitriles is 1. The van der Waals surface area contributed by atoms with E-state index in [-0.39, 0.29) is 22.6 Å². The second-order valence-corrected chi connectivity index (χ2v) is 9.77. The van der Waals surface area contributed by atoms with Crippen LogP contribution in [0.25, 0.3) is 0 Å². The van der Waals surface area contributed by atoms with Crippen molar-refractivity contribution < 1.29 is 14.4 Å². The molecule has 3 unspecified atom stereocenters. The van der Waals surface area contributed by atoms with Gasteiger partial charge >= 0.3 is 0 Å². The van der Waals surface area contributed by atoms with Gasteiger partial charge in [-0.2, -0.15) is 5.26 Å². The van der Waals surface area contributed by atoms with Gasteiger partial charge in [0, 0.05) is 23.6 Å². The first-order chi connectivity index (χ1) is 13.4. The summed E-state index contributed by atoms with van der Waals surface area (Å²) in [6, 6.07) is 7.60. The minimum absolute atomic E-state index is 0.0243. The fourth-order valence-corrected chi connectivity index (χ4v) is 6.51. The quantitative estimate of drug-likeness (QED) is 0.808. The normalized spacial score (nSPS) is 28.9. The Labute approximate surface area is 171 Å². The van der Waals surface area contributed by atoms with Gasteiger partial charge < -0.3 is 15.1 Å². The summed E-state index contributed by atoms with van der Waals surface area (Å²) in [7, 11) is 0. The van der Waals surface area contributed by atoms with Crippen LogP contribution < -0.4 is 5.32 Å². The molecule has 3 aliphatic heterocycles. The average Bonchev–Trinajstić information content (AvgIpc) is 3.38. The third-order valence-corrected chi connectivity index (χ3v) is 8.00. The molecule has 0 saturated carbocycles. The summed E-state index contributed by atoms with van der Waals surface area (Å²) in [5.41, 5.74) is 1.11. The number of rotatable bonds is 3. The molecule has 0 spiro atoms. The van der Waals surface area contributed by atoms with E-state index in [4.69, 9.17) is 5.26 Å². The molecule has 0 bridgehead atoms. The maximum absolute atomic E-state index is 13.2. The molecular formula is C19H20N4O3S2. The van der Waals surface area contributed by atoms with Crippen LogP contribution in [0.5, 0.6) is 0 Å². The Balaban J connectivity index is 1.47. The van der Waals surface area contributed by atoms with Crippen LogP contribution in [0.15, 0.2) is 24.3 Å². The molecule has 7 nitrogen and oxygen atoms in total. The first kappa shape index (κ1) is 19.2. The average molecular weight is 417 g/mol. The number of thioether (sulfide) groups is 2. The van der Waals surface area contributed by atoms with Crippen molar-refractivity contribution in [2.45, 2.75) is 36.7 Å². The number of hydrogen-bond donors (Lipinski definition) is 1. The predicted octanol–water partition coefficient (Wildman–Crippen LogP) is 1.85. The second kappa shape index (κ2) is 7.33. The molecule has 3 fully saturated rings. The zero-order valence-corrected chi connectivity index (χ0v) is 17.0. The molecule has 1 aromatic carbocycles. The molecule has 28 heavy (non-hydrogen) atoms. The van der Waals surface area contributed by atoms with Gasteiger partial charge in [-0.25, -0.2) is 0 Å². The summed E-state index contributed by atoms with van der Waals surface area (Å²) < 4.78 is 0. The van der Waals surface area contributed by atoms with Gasteiger partial charge in [0.2, 0.25) is 17.7 Å². The number of nitrogens with one attached hydrogen (secondary N) is 1. The topological polar surface area (TPSA) is 93.5 Å². The molecule has 0 radical (unpaired) electrons. The molecule has 1 aromatic rings. The third-order valence-electron chi connectivity index (χ3n) is 5.48. The zero-order valence-electron chi connectivity index (χ0n) is 15.4. The minimum Gasteiger partial charge on any atom is -0.324 e. The summed E-state index contributed by atoms with van der Waals surface area (Å²) in [5, 5.41) is 11.7. The van der Waals surface area contributed by atoms with E-state index in [0.29, 0.717) is 35.1 Å². The monoisotopic (exact) mass is 416 g/mol. The lowest BCUT2D eigenvalue weighted by atomic mass is 10.1. The molecule has 3 heterocycles. The fourth-order valence-electron chi connectivity index (χ4n) is 3.93. The molecule has 3 atom stereocenters. The molecule has 3 aliphatic rings. The van der Waals surface area contributed by atoms with E-state index in [2.05, 4.69) is 5.32 Å². The van der Waals surface area contributed by atoms with Crippen LogP contribution in [0.4, 0.5) is 5.69 Å². The molecular weight excluding hydrogens is 396 g/mol. The third kappa shape index (κ3) is 3.25. The number of fused-ring (bicyclic) bond motifs is 1. The predicted molar refractivity (Wildman–Crippen MR) is 108 cm³/mol. The maximum atomic E-state index is 13.2. The summed E-state index contributed by atoms with van der Waals surface area (Å²) in [6.07, 6.45) is 1.24. The summed E-state index contributed by atoms with van der Waals surface area (Å²) in [6.45, 7) is 2.02. The lowest BCUT2D eigenvalue weighted by Crippen LogP contribution is -2.54. The van der Waals surface area contributed by atoms with E-state index in [1.54, 1.807) is 45.8 Å². The highest BCUT2D eigenvalue weighted by Crippen LogP contribution is 2.47. The molecule has 0 aliphatic carbocycles. The summed E-state index contributed by atoms with van der Waals surface area (Å²) in [4.78, 5) is 41.4. The number of nitrogens with zero attached hydrogens (tertiary/aromatic N) is 3. The molecule has 9 heteroatoms. The van der Waals surface area contributed by atoms with E-state index < -0.39 is 12.1 Å². The molecule has 1 N–H and O–H groups in total. The lowest BCUT2D eigenvalue weighted by Gasteiger charge is -2.33. The van der Waals surface area contributed by atoms with Crippen LogP contribution in [0.1, 0.15) is 25.3 Å². The number of anilines is 1. The summed E-state index contributed by atoms with van der Waals surface area (Å²) >= 11 is 3.19. The molecule has 3 saturated heterocycles. The van der Waals surface area contributed by atoms with E-state index in [1.807, 2.05) is 13.0 Å². The van der Waals surface area contributed by atoms with Crippen LogP contribution in [0, 0.1) is 11.3 Å². The van der Waals surface area contributed by atoms with Crippen LogP contribution in [-0.4, -0.2) is 61.9 Å². The van der Waals surface area contributed by atoms with Crippen molar-refractivity contribution in [3.63, 3.8) is 0 Å². The van der Waals surface area contributed by atoms with Crippen LogP contribution in [0.2, 0.25) is 0 Å². The van der Waals surface area contributed by atoms with Crippen molar-refractivity contribution in [1.29, 1.82) is 5.26 Å². The molecule has 146 valence electrons. The number of carbonyl (C=O) groups excluding carboxylic acids is 3. The van der Waals surface area contributed by atoms with Gasteiger partial charge in [0.05, 0.1) is 22.4 Å². The van der Waals surface area contributed by atoms with Crippen LogP contribution >= 0.6 is 23.5 Å². The Kier molecular flexibility index (Phi) is 5.02. The SMILES string of the molecule is CC12CCC(=O)N1C(C(=O)N1CSCC1C(=O)Nc1ccc(C#N)cc1)CS2. The highest BCUT2D eigenvalue weighted by Gasteiger charge is 2.54. The number of hydrogen-bond acceptors (Lipinski definition) is 6. The maximum Gasteiger partial charge on any atom is 0.248 e. The number of benzene rings is 1. The van der Waals surface area contributed by atoms with Crippen molar-refractivity contribution >= 4 is 46.9 Å². The van der Waals surface area contributed by atoms with Gasteiger partial charge in [-0.15, -0.1) is 23.5 Å². The zero-order chi connectivity index (χ0) is 19.9. The van der Waals surface area contributed by atoms with Gasteiger partial charge in [-0.3, -0.25) is 14.4 Å². The van der Waals surface area contributed by atoms with E-state index in [9.17, 15) is 14.4 Å². The first-order valence-electron chi connectivity index (χ1n) is 9.08. The van der Waals surface area contributed by atoms with Gasteiger partial charge in [0.1, 0.15) is 12.1 Å². The van der Waals surface area contributed by atoms with Crippen molar-refractivity contribution in [2.75, 3.05) is 22.7 Å². The van der Waals surface area contributed by atoms with Gasteiger partial charge in [-0.05, 0) is 37.6 Å². The van der Waals surface area contributed by atoms with Crippen molar-refractivity contribution in [2.24, 2.45) is 0 Å². The van der Waals surface area contributed by atoms with Gasteiger partial charge in [0.25, 0.3) is 0 Å². The van der Waals surface area contributed by atoms with Crippen LogP contribution in [-0.2, 0) is 14.4 Å². The Morgan fingerprint density at radius 2 is 2.00 bits per heavy atom. The first-order valence-corrected chi connectivity index (χ1v) is 11.2. The Bertz CT molecular complexity index is 869. The van der Waals surface area contributed by atoms with E-state index in [1.165, 1.54) is 11.8 Å². The van der Waals surface area contributed by atoms with Crippen molar-refractivity contribution in [1.82, 2.24) is 9.80 Å². The van der Waals surface area contributed by atoms with Crippen molar-refractivity contribution in [3.8, 4) is 6.07 Å². The Hall–Kier alpha value is -2.18. The molecule has 3 amide bonds. The largest absolute Gasteiger partial charge is 0.324 e. The van der Waals surface area contributed by atoms with Crippen LogP contribution in [0.3, 0.4) is 0 Å². The Morgan fingerprint density at radius 1 is 1.25 bits per heavy atom. The number of carbonyl (C=O) groups is 3. The standard InChI is InChI=1S/C19H20N4O3S2/c1-19-7-6-16(24)23(19)15(10-28-19)18(26)22-11-27-9-14(22)17(25)21-13-4-2-12(8-20)3-5-13/h2-5,14-15H,6-7,9-11H2,1H3,(H,21,25). The van der Waals surface area contributed by atoms with Gasteiger partial charge in [0.15, 0.2) is 0 Å². The summed E-state index contributed by atoms with van der Waals surface area (Å²) in [5.74, 6) is 1.19. The van der Waals surface area contributed by atoms with Crippen molar-refractivity contribution in [3.05, 3.63) is 29.8 Å². The highest BCUT2D eigenvalue weighted by molar-refractivity contribution is 8.01. The smallest absolute Gasteiger partial charge is 0.248 e. The van der Waals surface area contributed by atoms with E-state index in [0.717, 1.165) is 6.42 Å².